The van der Waals surface area contributed by atoms with Gasteiger partial charge in [0.2, 0.25) is 0 Å². The van der Waals surface area contributed by atoms with Gasteiger partial charge in [0.1, 0.15) is 5.58 Å². The number of fused-ring (bicyclic) bond motifs is 1. The number of nitrogens with zero attached hydrogens (tertiary/aromatic N) is 1. The molecule has 2 aromatic carbocycles. The predicted octanol–water partition coefficient (Wildman–Crippen LogP) is 4.61. The van der Waals surface area contributed by atoms with Gasteiger partial charge in [0.25, 0.3) is 0 Å². The lowest BCUT2D eigenvalue weighted by Crippen LogP contribution is -2.21. The number of hydrogen-bond donors (Lipinski definition) is 0. The van der Waals surface area contributed by atoms with E-state index in [1.54, 1.807) is 0 Å². The lowest BCUT2D eigenvalue weighted by atomic mass is 10.0. The molecule has 0 saturated carbocycles. The normalized spacial score (nSPS) is 10.9. The van der Waals surface area contributed by atoms with Crippen LogP contribution in [0, 0.1) is 6.92 Å². The molecule has 1 heterocycles. The van der Waals surface area contributed by atoms with E-state index < -0.39 is 0 Å². The molecule has 3 heteroatoms. The molecular weight excluding hydrogens is 286 g/mol. The highest BCUT2D eigenvalue weighted by molar-refractivity contribution is 5.84. The van der Waals surface area contributed by atoms with Gasteiger partial charge in [0.15, 0.2) is 0 Å². The summed E-state index contributed by atoms with van der Waals surface area (Å²) >= 11 is 0. The summed E-state index contributed by atoms with van der Waals surface area (Å²) in [6.45, 7) is 8.11. The van der Waals surface area contributed by atoms with Crippen LogP contribution in [0.25, 0.3) is 22.1 Å². The molecule has 0 spiro atoms. The fraction of sp³-hybridized carbons (Fsp3) is 0.250. The molecule has 0 amide bonds. The molecule has 3 rings (SSSR count). The van der Waals surface area contributed by atoms with E-state index in [1.165, 1.54) is 5.56 Å². The Morgan fingerprint density at radius 3 is 2.30 bits per heavy atom. The molecular formula is C20H21NO2. The van der Waals surface area contributed by atoms with Crippen LogP contribution in [0.4, 0.5) is 5.69 Å². The van der Waals surface area contributed by atoms with Gasteiger partial charge in [-0.05, 0) is 44.5 Å². The van der Waals surface area contributed by atoms with Crippen molar-refractivity contribution in [1.29, 1.82) is 0 Å². The van der Waals surface area contributed by atoms with Crippen molar-refractivity contribution >= 4 is 16.7 Å². The fourth-order valence-corrected chi connectivity index (χ4v) is 2.82. The summed E-state index contributed by atoms with van der Waals surface area (Å²) in [7, 11) is 0. The Morgan fingerprint density at radius 2 is 1.65 bits per heavy atom. The van der Waals surface area contributed by atoms with E-state index in [0.29, 0.717) is 11.1 Å². The maximum Gasteiger partial charge on any atom is 0.344 e. The van der Waals surface area contributed by atoms with Crippen LogP contribution in [0.2, 0.25) is 0 Å². The SMILES string of the molecule is CCN(CC)c1ccc2cc(-c3ccc(C)cc3)c(=O)oc2c1. The zero-order valence-corrected chi connectivity index (χ0v) is 13.8. The Balaban J connectivity index is 2.10. The van der Waals surface area contributed by atoms with Crippen molar-refractivity contribution in [2.24, 2.45) is 0 Å². The van der Waals surface area contributed by atoms with Gasteiger partial charge in [-0.25, -0.2) is 4.79 Å². The molecule has 0 aliphatic heterocycles. The van der Waals surface area contributed by atoms with Gasteiger partial charge in [-0.15, -0.1) is 0 Å². The second-order valence-corrected chi connectivity index (χ2v) is 5.71. The summed E-state index contributed by atoms with van der Waals surface area (Å²) < 4.78 is 5.58. The molecule has 0 unspecified atom stereocenters. The minimum absolute atomic E-state index is 0.293. The molecule has 0 bridgehead atoms. The van der Waals surface area contributed by atoms with E-state index in [4.69, 9.17) is 4.42 Å². The van der Waals surface area contributed by atoms with Crippen molar-refractivity contribution in [3.05, 3.63) is 64.5 Å². The average molecular weight is 307 g/mol. The van der Waals surface area contributed by atoms with Crippen LogP contribution < -0.4 is 10.5 Å². The van der Waals surface area contributed by atoms with Crippen molar-refractivity contribution in [1.82, 2.24) is 0 Å². The molecule has 0 atom stereocenters. The molecule has 118 valence electrons. The van der Waals surface area contributed by atoms with Gasteiger partial charge < -0.3 is 9.32 Å². The van der Waals surface area contributed by atoms with Gasteiger partial charge in [-0.2, -0.15) is 0 Å². The maximum absolute atomic E-state index is 12.4. The highest BCUT2D eigenvalue weighted by atomic mass is 16.4. The number of hydrogen-bond acceptors (Lipinski definition) is 3. The first-order valence-corrected chi connectivity index (χ1v) is 8.02. The van der Waals surface area contributed by atoms with Crippen LogP contribution in [-0.4, -0.2) is 13.1 Å². The molecule has 1 aromatic heterocycles. The van der Waals surface area contributed by atoms with Crippen molar-refractivity contribution in [3.8, 4) is 11.1 Å². The summed E-state index contributed by atoms with van der Waals surface area (Å²) in [6.07, 6.45) is 0. The Bertz CT molecular complexity index is 874. The summed E-state index contributed by atoms with van der Waals surface area (Å²) in [5, 5.41) is 0.941. The Labute approximate surface area is 136 Å². The predicted molar refractivity (Wildman–Crippen MR) is 96.2 cm³/mol. The Hall–Kier alpha value is -2.55. The van der Waals surface area contributed by atoms with Gasteiger partial charge in [0.05, 0.1) is 5.56 Å². The van der Waals surface area contributed by atoms with Crippen molar-refractivity contribution in [2.45, 2.75) is 20.8 Å². The molecule has 0 saturated heterocycles. The molecule has 0 N–H and O–H groups in total. The first-order valence-electron chi connectivity index (χ1n) is 8.02. The Morgan fingerprint density at radius 1 is 0.957 bits per heavy atom. The van der Waals surface area contributed by atoms with Crippen LogP contribution in [0.1, 0.15) is 19.4 Å². The highest BCUT2D eigenvalue weighted by Gasteiger charge is 2.10. The molecule has 3 aromatic rings. The maximum atomic E-state index is 12.4. The van der Waals surface area contributed by atoms with Gasteiger partial charge in [-0.3, -0.25) is 0 Å². The lowest BCUT2D eigenvalue weighted by molar-refractivity contribution is 0.563. The highest BCUT2D eigenvalue weighted by Crippen LogP contribution is 2.25. The second kappa shape index (κ2) is 6.29. The monoisotopic (exact) mass is 307 g/mol. The smallest absolute Gasteiger partial charge is 0.344 e. The Kier molecular flexibility index (Phi) is 4.20. The quantitative estimate of drug-likeness (QED) is 0.660. The van der Waals surface area contributed by atoms with E-state index in [1.807, 2.05) is 49.4 Å². The minimum Gasteiger partial charge on any atom is -0.422 e. The summed E-state index contributed by atoms with van der Waals surface area (Å²) in [4.78, 5) is 14.6. The largest absolute Gasteiger partial charge is 0.422 e. The number of anilines is 1. The third kappa shape index (κ3) is 3.00. The van der Waals surface area contributed by atoms with E-state index in [9.17, 15) is 4.79 Å². The molecule has 0 fully saturated rings. The third-order valence-corrected chi connectivity index (χ3v) is 4.21. The number of aryl methyl sites for hydroxylation is 1. The van der Waals surface area contributed by atoms with Gasteiger partial charge >= 0.3 is 5.63 Å². The molecule has 0 aliphatic carbocycles. The van der Waals surface area contributed by atoms with Crippen LogP contribution in [0.15, 0.2) is 57.7 Å². The van der Waals surface area contributed by atoms with Crippen molar-refractivity contribution in [3.63, 3.8) is 0 Å². The average Bonchev–Trinajstić information content (AvgIpc) is 2.56. The van der Waals surface area contributed by atoms with Crippen LogP contribution in [0.5, 0.6) is 0 Å². The second-order valence-electron chi connectivity index (χ2n) is 5.71. The van der Waals surface area contributed by atoms with E-state index in [0.717, 1.165) is 29.7 Å². The van der Waals surface area contributed by atoms with Gasteiger partial charge in [-0.1, -0.05) is 29.8 Å². The summed E-state index contributed by atoms with van der Waals surface area (Å²) in [6, 6.07) is 15.9. The summed E-state index contributed by atoms with van der Waals surface area (Å²) in [5.41, 5.74) is 4.08. The van der Waals surface area contributed by atoms with Crippen LogP contribution in [-0.2, 0) is 0 Å². The zero-order chi connectivity index (χ0) is 16.4. The van der Waals surface area contributed by atoms with E-state index >= 15 is 0 Å². The lowest BCUT2D eigenvalue weighted by Gasteiger charge is -2.21. The molecule has 0 radical (unpaired) electrons. The van der Waals surface area contributed by atoms with Crippen molar-refractivity contribution in [2.75, 3.05) is 18.0 Å². The molecule has 3 nitrogen and oxygen atoms in total. The number of rotatable bonds is 4. The van der Waals surface area contributed by atoms with Crippen LogP contribution >= 0.6 is 0 Å². The first kappa shape index (κ1) is 15.3. The van der Waals surface area contributed by atoms with Crippen LogP contribution in [0.3, 0.4) is 0 Å². The molecule has 0 aliphatic rings. The van der Waals surface area contributed by atoms with Crippen molar-refractivity contribution < 1.29 is 4.42 Å². The zero-order valence-electron chi connectivity index (χ0n) is 13.8. The van der Waals surface area contributed by atoms with Gasteiger partial charge in [0, 0.05) is 30.2 Å². The summed E-state index contributed by atoms with van der Waals surface area (Å²) in [5.74, 6) is 0. The third-order valence-electron chi connectivity index (χ3n) is 4.21. The van der Waals surface area contributed by atoms with E-state index in [-0.39, 0.29) is 5.63 Å². The topological polar surface area (TPSA) is 33.5 Å². The number of benzene rings is 2. The standard InChI is InChI=1S/C20H21NO2/c1-4-21(5-2)17-11-10-16-12-18(20(22)23-19(16)13-17)15-8-6-14(3)7-9-15/h6-13H,4-5H2,1-3H3. The first-order chi connectivity index (χ1) is 11.1. The fourth-order valence-electron chi connectivity index (χ4n) is 2.82. The minimum atomic E-state index is -0.293. The molecule has 23 heavy (non-hydrogen) atoms. The van der Waals surface area contributed by atoms with E-state index in [2.05, 4.69) is 24.8 Å².